The number of ether oxygens (including phenoxy) is 1. The third kappa shape index (κ3) is 4.38. The molecule has 0 saturated carbocycles. The van der Waals surface area contributed by atoms with Crippen molar-refractivity contribution in [3.8, 4) is 0 Å². The molecule has 1 N–H and O–H groups in total. The van der Waals surface area contributed by atoms with Gasteiger partial charge in [-0.15, -0.1) is 0 Å². The third-order valence-electron chi connectivity index (χ3n) is 4.16. The summed E-state index contributed by atoms with van der Waals surface area (Å²) in [5, 5.41) is 12.6. The Morgan fingerprint density at radius 3 is 2.23 bits per heavy atom. The number of fused-ring (bicyclic) bond motifs is 2. The third-order valence-corrected chi connectivity index (χ3v) is 5.59. The minimum Gasteiger partial charge on any atom is -0.356 e. The van der Waals surface area contributed by atoms with Crippen molar-refractivity contribution in [3.05, 3.63) is 31.2 Å². The highest BCUT2D eigenvalue weighted by Crippen LogP contribution is 2.33. The first kappa shape index (κ1) is 22.0. The number of hydrogen-bond acceptors (Lipinski definition) is 7. The maximum Gasteiger partial charge on any atom is 0.225 e. The Bertz CT molecular complexity index is 1220. The Hall–Kier alpha value is -1.20. The standard InChI is InChI=1S/C10H9Cl3N4O.C5HCl3N4/c11-7-6-8(12)16-17(5-3-1-2-4-18-5)9(6)15-10(13)14-7;6-2-1-3(7)11-12-4(1)10-5(8)9-2/h5H,1-4H2;(H,9,10,11,12). The number of nitrogens with zero attached hydrogens (tertiary/aromatic N) is 7. The Morgan fingerprint density at radius 1 is 0.833 bits per heavy atom. The summed E-state index contributed by atoms with van der Waals surface area (Å²) in [4.78, 5) is 15.5. The van der Waals surface area contributed by atoms with Crippen molar-refractivity contribution in [1.29, 1.82) is 0 Å². The average molecular weight is 531 g/mol. The van der Waals surface area contributed by atoms with Crippen LogP contribution in [0.1, 0.15) is 25.5 Å². The van der Waals surface area contributed by atoms with E-state index in [1.807, 2.05) is 0 Å². The molecule has 0 spiro atoms. The average Bonchev–Trinajstić information content (AvgIpc) is 3.23. The van der Waals surface area contributed by atoms with Gasteiger partial charge in [0.15, 0.2) is 22.7 Å². The molecule has 0 bridgehead atoms. The van der Waals surface area contributed by atoms with E-state index in [9.17, 15) is 0 Å². The van der Waals surface area contributed by atoms with E-state index in [0.29, 0.717) is 33.8 Å². The van der Waals surface area contributed by atoms with E-state index in [4.69, 9.17) is 74.3 Å². The van der Waals surface area contributed by atoms with Crippen LogP contribution in [-0.4, -0.2) is 46.5 Å². The highest BCUT2D eigenvalue weighted by Gasteiger charge is 2.23. The van der Waals surface area contributed by atoms with Crippen LogP contribution >= 0.6 is 69.6 Å². The smallest absolute Gasteiger partial charge is 0.225 e. The Labute approximate surface area is 198 Å². The lowest BCUT2D eigenvalue weighted by Gasteiger charge is -2.22. The lowest BCUT2D eigenvalue weighted by Crippen LogP contribution is -2.19. The second kappa shape index (κ2) is 9.12. The van der Waals surface area contributed by atoms with Crippen LogP contribution in [0.5, 0.6) is 0 Å². The van der Waals surface area contributed by atoms with Crippen molar-refractivity contribution < 1.29 is 4.74 Å². The lowest BCUT2D eigenvalue weighted by molar-refractivity contribution is -0.0369. The zero-order valence-electron chi connectivity index (χ0n) is 14.7. The first-order valence-electron chi connectivity index (χ1n) is 8.46. The van der Waals surface area contributed by atoms with Gasteiger partial charge in [0.1, 0.15) is 15.5 Å². The second-order valence-electron chi connectivity index (χ2n) is 6.06. The van der Waals surface area contributed by atoms with Crippen LogP contribution in [-0.2, 0) is 4.74 Å². The molecule has 30 heavy (non-hydrogen) atoms. The Balaban J connectivity index is 0.000000158. The molecule has 0 amide bonds. The molecule has 5 heterocycles. The molecule has 9 nitrogen and oxygen atoms in total. The van der Waals surface area contributed by atoms with Gasteiger partial charge in [-0.1, -0.05) is 46.4 Å². The lowest BCUT2D eigenvalue weighted by atomic mass is 10.2. The molecule has 15 heteroatoms. The molecule has 1 saturated heterocycles. The van der Waals surface area contributed by atoms with E-state index >= 15 is 0 Å². The fourth-order valence-electron chi connectivity index (χ4n) is 2.87. The van der Waals surface area contributed by atoms with Crippen molar-refractivity contribution in [2.24, 2.45) is 0 Å². The Morgan fingerprint density at radius 2 is 1.53 bits per heavy atom. The summed E-state index contributed by atoms with van der Waals surface area (Å²) in [6, 6.07) is 0. The molecule has 1 unspecified atom stereocenters. The van der Waals surface area contributed by atoms with Gasteiger partial charge in [0.25, 0.3) is 0 Å². The van der Waals surface area contributed by atoms with Crippen LogP contribution < -0.4 is 0 Å². The molecular weight excluding hydrogens is 521 g/mol. The summed E-state index contributed by atoms with van der Waals surface area (Å²) in [5.74, 6) is 0. The number of aromatic nitrogens is 8. The van der Waals surface area contributed by atoms with Crippen LogP contribution in [0.15, 0.2) is 0 Å². The molecular formula is C15H10Cl6N8O. The van der Waals surface area contributed by atoms with Gasteiger partial charge in [0.2, 0.25) is 10.6 Å². The highest BCUT2D eigenvalue weighted by atomic mass is 35.5. The van der Waals surface area contributed by atoms with Crippen molar-refractivity contribution in [1.82, 2.24) is 39.9 Å². The molecule has 4 aromatic heterocycles. The molecule has 0 radical (unpaired) electrons. The first-order chi connectivity index (χ1) is 14.3. The minimum atomic E-state index is -0.171. The van der Waals surface area contributed by atoms with Gasteiger partial charge < -0.3 is 4.74 Å². The quantitative estimate of drug-likeness (QED) is 0.245. The largest absolute Gasteiger partial charge is 0.356 e. The molecule has 1 aliphatic heterocycles. The Kier molecular flexibility index (Phi) is 6.69. The van der Waals surface area contributed by atoms with Crippen LogP contribution in [0.4, 0.5) is 0 Å². The van der Waals surface area contributed by atoms with E-state index in [1.165, 1.54) is 0 Å². The SMILES string of the molecule is Clc1nc(Cl)c2c(Cl)[nH]nc2n1.Clc1nc(Cl)c2c(Cl)nn(C3CCCCO3)c2n1. The number of aromatic amines is 1. The van der Waals surface area contributed by atoms with Gasteiger partial charge in [-0.2, -0.15) is 20.2 Å². The van der Waals surface area contributed by atoms with Gasteiger partial charge >= 0.3 is 0 Å². The van der Waals surface area contributed by atoms with Gasteiger partial charge in [0.05, 0.1) is 10.8 Å². The van der Waals surface area contributed by atoms with Gasteiger partial charge in [-0.3, -0.25) is 5.10 Å². The van der Waals surface area contributed by atoms with E-state index in [0.717, 1.165) is 19.3 Å². The fourth-order valence-corrected chi connectivity index (χ4v) is 4.37. The van der Waals surface area contributed by atoms with Crippen molar-refractivity contribution >= 4 is 91.7 Å². The highest BCUT2D eigenvalue weighted by molar-refractivity contribution is 6.42. The van der Waals surface area contributed by atoms with Crippen LogP contribution in [0.25, 0.3) is 22.1 Å². The van der Waals surface area contributed by atoms with Crippen molar-refractivity contribution in [2.75, 3.05) is 6.61 Å². The number of nitrogens with one attached hydrogen (secondary N) is 1. The van der Waals surface area contributed by atoms with Crippen molar-refractivity contribution in [2.45, 2.75) is 25.5 Å². The first-order valence-corrected chi connectivity index (χ1v) is 10.7. The van der Waals surface area contributed by atoms with Crippen LogP contribution in [0, 0.1) is 0 Å². The number of rotatable bonds is 1. The van der Waals surface area contributed by atoms with E-state index in [2.05, 4.69) is 35.2 Å². The second-order valence-corrected chi connectivity index (χ2v) is 8.19. The van der Waals surface area contributed by atoms with Gasteiger partial charge in [-0.25, -0.2) is 14.6 Å². The normalized spacial score (nSPS) is 16.7. The number of H-pyrrole nitrogens is 1. The molecule has 1 atom stereocenters. The van der Waals surface area contributed by atoms with Gasteiger partial charge in [0, 0.05) is 6.61 Å². The molecule has 1 fully saturated rings. The fraction of sp³-hybridized carbons (Fsp3) is 0.333. The summed E-state index contributed by atoms with van der Waals surface area (Å²) >= 11 is 34.8. The summed E-state index contributed by atoms with van der Waals surface area (Å²) in [6.07, 6.45) is 2.83. The minimum absolute atomic E-state index is 0.0515. The molecule has 0 aliphatic carbocycles. The number of hydrogen-bond donors (Lipinski definition) is 1. The van der Waals surface area contributed by atoms with E-state index < -0.39 is 0 Å². The summed E-state index contributed by atoms with van der Waals surface area (Å²) in [7, 11) is 0. The maximum atomic E-state index is 6.06. The monoisotopic (exact) mass is 528 g/mol. The topological polar surface area (TPSA) is 107 Å². The predicted octanol–water partition coefficient (Wildman–Crippen LogP) is 5.80. The maximum absolute atomic E-state index is 6.06. The molecule has 158 valence electrons. The van der Waals surface area contributed by atoms with Crippen molar-refractivity contribution in [3.63, 3.8) is 0 Å². The van der Waals surface area contributed by atoms with Crippen LogP contribution in [0.2, 0.25) is 31.2 Å². The predicted molar refractivity (Wildman–Crippen MR) is 116 cm³/mol. The zero-order chi connectivity index (χ0) is 21.4. The molecule has 5 rings (SSSR count). The van der Waals surface area contributed by atoms with Gasteiger partial charge in [-0.05, 0) is 42.5 Å². The van der Waals surface area contributed by atoms with E-state index in [-0.39, 0.29) is 32.3 Å². The summed E-state index contributed by atoms with van der Waals surface area (Å²) in [5.41, 5.74) is 0.877. The van der Waals surface area contributed by atoms with E-state index in [1.54, 1.807) is 4.68 Å². The zero-order valence-corrected chi connectivity index (χ0v) is 19.2. The summed E-state index contributed by atoms with van der Waals surface area (Å²) < 4.78 is 7.30. The number of halogens is 6. The molecule has 4 aromatic rings. The van der Waals surface area contributed by atoms with Crippen LogP contribution in [0.3, 0.4) is 0 Å². The molecule has 1 aliphatic rings. The summed E-state index contributed by atoms with van der Waals surface area (Å²) in [6.45, 7) is 0.705. The molecule has 0 aromatic carbocycles.